The maximum absolute atomic E-state index is 13.5. The first kappa shape index (κ1) is 21.3. The highest BCUT2D eigenvalue weighted by Gasteiger charge is 2.28. The SMILES string of the molecule is Cc1ccc(S(=O)(=O)N2CCCC2)cc1C(=O)NCCCOc1ccccc1F. The van der Waals surface area contributed by atoms with Crippen molar-refractivity contribution >= 4 is 15.9 Å². The Morgan fingerprint density at radius 1 is 1.17 bits per heavy atom. The third kappa shape index (κ3) is 5.13. The third-order valence-corrected chi connectivity index (χ3v) is 6.75. The number of hydrogen-bond donors (Lipinski definition) is 1. The molecule has 1 fully saturated rings. The Balaban J connectivity index is 1.57. The molecule has 156 valence electrons. The van der Waals surface area contributed by atoms with E-state index >= 15 is 0 Å². The fraction of sp³-hybridized carbons (Fsp3) is 0.381. The Kier molecular flexibility index (Phi) is 6.87. The van der Waals surface area contributed by atoms with Crippen LogP contribution in [-0.2, 0) is 10.0 Å². The van der Waals surface area contributed by atoms with Gasteiger partial charge in [0.2, 0.25) is 10.0 Å². The largest absolute Gasteiger partial charge is 0.490 e. The number of hydrogen-bond acceptors (Lipinski definition) is 4. The molecule has 6 nitrogen and oxygen atoms in total. The maximum Gasteiger partial charge on any atom is 0.251 e. The summed E-state index contributed by atoms with van der Waals surface area (Å²) in [7, 11) is -3.58. The number of nitrogens with zero attached hydrogens (tertiary/aromatic N) is 1. The molecule has 1 aliphatic heterocycles. The molecular weight excluding hydrogens is 395 g/mol. The van der Waals surface area contributed by atoms with E-state index < -0.39 is 15.8 Å². The van der Waals surface area contributed by atoms with Gasteiger partial charge in [0, 0.05) is 25.2 Å². The molecule has 8 heteroatoms. The van der Waals surface area contributed by atoms with Crippen LogP contribution in [-0.4, -0.2) is 44.9 Å². The van der Waals surface area contributed by atoms with Crippen molar-refractivity contribution in [1.29, 1.82) is 0 Å². The van der Waals surface area contributed by atoms with Gasteiger partial charge in [0.05, 0.1) is 11.5 Å². The predicted octanol–water partition coefficient (Wildman–Crippen LogP) is 3.12. The van der Waals surface area contributed by atoms with Gasteiger partial charge >= 0.3 is 0 Å². The van der Waals surface area contributed by atoms with Gasteiger partial charge in [-0.05, 0) is 56.0 Å². The molecule has 1 aliphatic rings. The van der Waals surface area contributed by atoms with Gasteiger partial charge in [-0.25, -0.2) is 12.8 Å². The standard InChI is InChI=1S/C21H25FN2O4S/c1-16-9-10-17(29(26,27)24-12-4-5-13-24)15-18(16)21(25)23-11-6-14-28-20-8-3-2-7-19(20)22/h2-3,7-10,15H,4-6,11-14H2,1H3,(H,23,25). The quantitative estimate of drug-likeness (QED) is 0.666. The van der Waals surface area contributed by atoms with Crippen molar-refractivity contribution < 1.29 is 22.3 Å². The highest BCUT2D eigenvalue weighted by molar-refractivity contribution is 7.89. The third-order valence-electron chi connectivity index (χ3n) is 4.86. The van der Waals surface area contributed by atoms with Crippen LogP contribution in [0.1, 0.15) is 35.2 Å². The first-order valence-corrected chi connectivity index (χ1v) is 11.1. The summed E-state index contributed by atoms with van der Waals surface area (Å²) in [5.74, 6) is -0.593. The number of ether oxygens (including phenoxy) is 1. The molecule has 0 aromatic heterocycles. The second-order valence-electron chi connectivity index (χ2n) is 6.98. The van der Waals surface area contributed by atoms with Crippen LogP contribution in [0.25, 0.3) is 0 Å². The Morgan fingerprint density at radius 2 is 1.90 bits per heavy atom. The lowest BCUT2D eigenvalue weighted by atomic mass is 10.1. The van der Waals surface area contributed by atoms with Crippen molar-refractivity contribution in [2.24, 2.45) is 0 Å². The first-order valence-electron chi connectivity index (χ1n) is 9.66. The number of carbonyl (C=O) groups excluding carboxylic acids is 1. The molecule has 2 aromatic carbocycles. The summed E-state index contributed by atoms with van der Waals surface area (Å²) in [6, 6.07) is 10.8. The minimum Gasteiger partial charge on any atom is -0.490 e. The van der Waals surface area contributed by atoms with Crippen molar-refractivity contribution in [3.63, 3.8) is 0 Å². The number of nitrogens with one attached hydrogen (secondary N) is 1. The number of sulfonamides is 1. The lowest BCUT2D eigenvalue weighted by molar-refractivity contribution is 0.0950. The van der Waals surface area contributed by atoms with Crippen molar-refractivity contribution in [1.82, 2.24) is 9.62 Å². The molecule has 0 unspecified atom stereocenters. The van der Waals surface area contributed by atoms with Gasteiger partial charge in [0.1, 0.15) is 0 Å². The molecule has 29 heavy (non-hydrogen) atoms. The van der Waals surface area contributed by atoms with Crippen LogP contribution in [0, 0.1) is 12.7 Å². The minimum absolute atomic E-state index is 0.137. The van der Waals surface area contributed by atoms with Crippen LogP contribution in [0.4, 0.5) is 4.39 Å². The van der Waals surface area contributed by atoms with E-state index in [2.05, 4.69) is 5.32 Å². The Bertz CT molecular complexity index is 972. The number of carbonyl (C=O) groups is 1. The fourth-order valence-corrected chi connectivity index (χ4v) is 4.74. The lowest BCUT2D eigenvalue weighted by Gasteiger charge is -2.17. The molecule has 2 aromatic rings. The molecule has 0 atom stereocenters. The van der Waals surface area contributed by atoms with Crippen molar-refractivity contribution in [2.75, 3.05) is 26.2 Å². The molecule has 1 N–H and O–H groups in total. The van der Waals surface area contributed by atoms with E-state index in [1.807, 2.05) is 0 Å². The van der Waals surface area contributed by atoms with Crippen molar-refractivity contribution in [3.05, 3.63) is 59.4 Å². The van der Waals surface area contributed by atoms with E-state index in [4.69, 9.17) is 4.74 Å². The zero-order valence-electron chi connectivity index (χ0n) is 16.4. The molecule has 1 heterocycles. The van der Waals surface area contributed by atoms with Crippen molar-refractivity contribution in [2.45, 2.75) is 31.1 Å². The summed E-state index contributed by atoms with van der Waals surface area (Å²) in [5, 5.41) is 2.77. The van der Waals surface area contributed by atoms with E-state index in [0.29, 0.717) is 37.2 Å². The van der Waals surface area contributed by atoms with Gasteiger partial charge in [-0.15, -0.1) is 0 Å². The molecule has 1 amide bonds. The van der Waals surface area contributed by atoms with Gasteiger partial charge in [-0.2, -0.15) is 4.31 Å². The van der Waals surface area contributed by atoms with Crippen LogP contribution in [0.2, 0.25) is 0 Å². The molecule has 0 aliphatic carbocycles. The number of halogens is 1. The summed E-state index contributed by atoms with van der Waals surface area (Å²) in [6.45, 7) is 3.38. The summed E-state index contributed by atoms with van der Waals surface area (Å²) in [6.07, 6.45) is 2.20. The number of aryl methyl sites for hydroxylation is 1. The number of para-hydroxylation sites is 1. The van der Waals surface area contributed by atoms with Crippen LogP contribution >= 0.6 is 0 Å². The second-order valence-corrected chi connectivity index (χ2v) is 8.91. The number of amides is 1. The normalized spacial score (nSPS) is 14.7. The second kappa shape index (κ2) is 9.37. The fourth-order valence-electron chi connectivity index (χ4n) is 3.20. The monoisotopic (exact) mass is 420 g/mol. The van der Waals surface area contributed by atoms with Crippen LogP contribution < -0.4 is 10.1 Å². The minimum atomic E-state index is -3.58. The highest BCUT2D eigenvalue weighted by Crippen LogP contribution is 2.23. The smallest absolute Gasteiger partial charge is 0.251 e. The van der Waals surface area contributed by atoms with E-state index in [9.17, 15) is 17.6 Å². The Labute approximate surface area is 170 Å². The van der Waals surface area contributed by atoms with E-state index in [1.54, 1.807) is 37.3 Å². The number of rotatable bonds is 8. The van der Waals surface area contributed by atoms with E-state index in [1.165, 1.54) is 16.4 Å². The van der Waals surface area contributed by atoms with Gasteiger partial charge in [0.15, 0.2) is 11.6 Å². The summed E-state index contributed by atoms with van der Waals surface area (Å²) in [4.78, 5) is 12.7. The van der Waals surface area contributed by atoms with Gasteiger partial charge in [0.25, 0.3) is 5.91 Å². The van der Waals surface area contributed by atoms with Gasteiger partial charge < -0.3 is 10.1 Å². The Hall–Kier alpha value is -2.45. The lowest BCUT2D eigenvalue weighted by Crippen LogP contribution is -2.29. The number of benzene rings is 2. The van der Waals surface area contributed by atoms with Crippen LogP contribution in [0.15, 0.2) is 47.4 Å². The summed E-state index contributed by atoms with van der Waals surface area (Å²) < 4.78 is 45.8. The zero-order chi connectivity index (χ0) is 20.9. The van der Waals surface area contributed by atoms with Gasteiger partial charge in [-0.3, -0.25) is 4.79 Å². The van der Waals surface area contributed by atoms with Crippen LogP contribution in [0.5, 0.6) is 5.75 Å². The molecule has 1 saturated heterocycles. The Morgan fingerprint density at radius 3 is 2.62 bits per heavy atom. The average Bonchev–Trinajstić information content (AvgIpc) is 3.25. The average molecular weight is 421 g/mol. The van der Waals surface area contributed by atoms with E-state index in [-0.39, 0.29) is 23.2 Å². The zero-order valence-corrected chi connectivity index (χ0v) is 17.2. The van der Waals surface area contributed by atoms with Gasteiger partial charge in [-0.1, -0.05) is 18.2 Å². The van der Waals surface area contributed by atoms with E-state index in [0.717, 1.165) is 12.8 Å². The molecule has 0 bridgehead atoms. The topological polar surface area (TPSA) is 75.7 Å². The highest BCUT2D eigenvalue weighted by atomic mass is 32.2. The van der Waals surface area contributed by atoms with Crippen molar-refractivity contribution in [3.8, 4) is 5.75 Å². The molecule has 0 saturated carbocycles. The summed E-state index contributed by atoms with van der Waals surface area (Å²) >= 11 is 0. The predicted molar refractivity (Wildman–Crippen MR) is 108 cm³/mol. The van der Waals surface area contributed by atoms with Crippen LogP contribution in [0.3, 0.4) is 0 Å². The molecule has 0 spiro atoms. The maximum atomic E-state index is 13.5. The summed E-state index contributed by atoms with van der Waals surface area (Å²) in [5.41, 5.74) is 1.03. The first-order chi connectivity index (χ1) is 13.9. The molecular formula is C21H25FN2O4S. The molecule has 3 rings (SSSR count). The molecule has 0 radical (unpaired) electrons.